The molecule has 4 atom stereocenters. The van der Waals surface area contributed by atoms with Crippen LogP contribution in [0.4, 0.5) is 0 Å². The van der Waals surface area contributed by atoms with E-state index >= 15 is 0 Å². The maximum absolute atomic E-state index is 12.7. The average molecular weight is 823 g/mol. The summed E-state index contributed by atoms with van der Waals surface area (Å²) in [5.41, 5.74) is 0. The molecule has 0 aromatic heterocycles. The maximum atomic E-state index is 12.7. The first-order chi connectivity index (χ1) is 26.8. The van der Waals surface area contributed by atoms with Gasteiger partial charge in [0.1, 0.15) is 19.8 Å². The number of phosphoric ester groups is 1. The van der Waals surface area contributed by atoms with Crippen LogP contribution < -0.4 is 0 Å². The number of likely N-dealkylation sites (N-methyl/N-ethyl adjacent to an activating group) is 1. The number of carbonyl (C=O) groups is 2. The molecule has 0 fully saturated rings. The number of rotatable bonds is 42. The van der Waals surface area contributed by atoms with Gasteiger partial charge in [0, 0.05) is 12.8 Å². The second-order valence-electron chi connectivity index (χ2n) is 17.1. The van der Waals surface area contributed by atoms with Gasteiger partial charge in [0.25, 0.3) is 0 Å². The lowest BCUT2D eigenvalue weighted by Gasteiger charge is -2.24. The van der Waals surface area contributed by atoms with Crippen molar-refractivity contribution < 1.29 is 52.3 Å². The van der Waals surface area contributed by atoms with E-state index in [4.69, 9.17) is 18.5 Å². The van der Waals surface area contributed by atoms with Gasteiger partial charge in [-0.15, -0.1) is 0 Å². The number of esters is 2. The molecular weight excluding hydrogens is 733 g/mol. The summed E-state index contributed by atoms with van der Waals surface area (Å²) in [6.45, 7) is 4.24. The molecule has 0 heterocycles. The zero-order valence-electron chi connectivity index (χ0n) is 36.9. The molecular formula is C44H89NO10P+. The summed E-state index contributed by atoms with van der Waals surface area (Å²) in [7, 11) is 1.41. The monoisotopic (exact) mass is 823 g/mol. The minimum Gasteiger partial charge on any atom is -0.462 e. The SMILES string of the molecule is CCCCCCCCCCCCCCCCCC(=O)OC(COC(=O)CCCCCCC[C@@H](O)[C@H](O)CCCCCCCC)COP(=O)(O)OCC[N+](C)(C)C. The highest BCUT2D eigenvalue weighted by molar-refractivity contribution is 7.47. The van der Waals surface area contributed by atoms with Gasteiger partial charge < -0.3 is 29.1 Å². The van der Waals surface area contributed by atoms with Gasteiger partial charge in [-0.3, -0.25) is 18.6 Å². The summed E-state index contributed by atoms with van der Waals surface area (Å²) in [5.74, 6) is -0.892. The number of phosphoric acid groups is 1. The molecule has 334 valence electrons. The number of hydrogen-bond acceptors (Lipinski definition) is 9. The lowest BCUT2D eigenvalue weighted by molar-refractivity contribution is -0.870. The van der Waals surface area contributed by atoms with Gasteiger partial charge in [0.15, 0.2) is 6.10 Å². The summed E-state index contributed by atoms with van der Waals surface area (Å²) in [4.78, 5) is 35.4. The average Bonchev–Trinajstić information content (AvgIpc) is 3.14. The Morgan fingerprint density at radius 1 is 0.536 bits per heavy atom. The number of hydrogen-bond donors (Lipinski definition) is 3. The van der Waals surface area contributed by atoms with Crippen LogP contribution >= 0.6 is 7.82 Å². The van der Waals surface area contributed by atoms with Crippen molar-refractivity contribution in [2.24, 2.45) is 0 Å². The van der Waals surface area contributed by atoms with Crippen LogP contribution in [0.3, 0.4) is 0 Å². The number of ether oxygens (including phenoxy) is 2. The molecule has 2 unspecified atom stereocenters. The number of quaternary nitrogens is 1. The van der Waals surface area contributed by atoms with E-state index in [1.54, 1.807) is 0 Å². The van der Waals surface area contributed by atoms with Crippen LogP contribution in [-0.2, 0) is 32.7 Å². The second kappa shape index (κ2) is 37.0. The highest BCUT2D eigenvalue weighted by Gasteiger charge is 2.27. The van der Waals surface area contributed by atoms with E-state index in [0.717, 1.165) is 57.8 Å². The molecule has 0 spiro atoms. The van der Waals surface area contributed by atoms with Crippen molar-refractivity contribution in [1.29, 1.82) is 0 Å². The van der Waals surface area contributed by atoms with Gasteiger partial charge in [-0.2, -0.15) is 0 Å². The minimum atomic E-state index is -4.40. The summed E-state index contributed by atoms with van der Waals surface area (Å²) >= 11 is 0. The van der Waals surface area contributed by atoms with Crippen molar-refractivity contribution in [3.05, 3.63) is 0 Å². The van der Waals surface area contributed by atoms with E-state index in [1.807, 2.05) is 21.1 Å². The number of aliphatic hydroxyl groups is 2. The number of nitrogens with zero attached hydrogens (tertiary/aromatic N) is 1. The third-order valence-electron chi connectivity index (χ3n) is 10.3. The van der Waals surface area contributed by atoms with Crippen molar-refractivity contribution in [2.75, 3.05) is 47.5 Å². The minimum absolute atomic E-state index is 0.0116. The fourth-order valence-electron chi connectivity index (χ4n) is 6.58. The molecule has 0 bridgehead atoms. The van der Waals surface area contributed by atoms with E-state index in [9.17, 15) is 29.3 Å². The maximum Gasteiger partial charge on any atom is 0.472 e. The summed E-state index contributed by atoms with van der Waals surface area (Å²) in [6, 6.07) is 0. The zero-order chi connectivity index (χ0) is 41.8. The number of unbranched alkanes of at least 4 members (excludes halogenated alkanes) is 23. The van der Waals surface area contributed by atoms with Gasteiger partial charge in [0.2, 0.25) is 0 Å². The topological polar surface area (TPSA) is 149 Å². The molecule has 12 heteroatoms. The summed E-state index contributed by atoms with van der Waals surface area (Å²) in [6.07, 6.45) is 28.7. The number of aliphatic hydroxyl groups excluding tert-OH is 2. The highest BCUT2D eigenvalue weighted by atomic mass is 31.2. The van der Waals surface area contributed by atoms with Crippen molar-refractivity contribution in [1.82, 2.24) is 0 Å². The van der Waals surface area contributed by atoms with E-state index in [0.29, 0.717) is 36.7 Å². The van der Waals surface area contributed by atoms with E-state index in [2.05, 4.69) is 13.8 Å². The van der Waals surface area contributed by atoms with Crippen LogP contribution in [0, 0.1) is 0 Å². The Balaban J connectivity index is 4.41. The van der Waals surface area contributed by atoms with Gasteiger partial charge in [0.05, 0.1) is 40.0 Å². The quantitative estimate of drug-likeness (QED) is 0.0235. The first-order valence-corrected chi connectivity index (χ1v) is 24.4. The van der Waals surface area contributed by atoms with Crippen LogP contribution in [0.5, 0.6) is 0 Å². The molecule has 0 saturated heterocycles. The molecule has 0 radical (unpaired) electrons. The predicted octanol–water partition coefficient (Wildman–Crippen LogP) is 10.7. The third-order valence-corrected chi connectivity index (χ3v) is 11.3. The zero-order valence-corrected chi connectivity index (χ0v) is 37.8. The fourth-order valence-corrected chi connectivity index (χ4v) is 7.32. The first kappa shape index (κ1) is 54.9. The predicted molar refractivity (Wildman–Crippen MR) is 227 cm³/mol. The molecule has 0 aliphatic heterocycles. The lowest BCUT2D eigenvalue weighted by Crippen LogP contribution is -2.37. The van der Waals surface area contributed by atoms with E-state index < -0.39 is 44.7 Å². The Morgan fingerprint density at radius 2 is 0.911 bits per heavy atom. The van der Waals surface area contributed by atoms with Crippen molar-refractivity contribution in [3.8, 4) is 0 Å². The molecule has 0 aliphatic carbocycles. The molecule has 0 aliphatic rings. The summed E-state index contributed by atoms with van der Waals surface area (Å²) in [5, 5.41) is 20.5. The van der Waals surface area contributed by atoms with Crippen LogP contribution in [-0.4, -0.2) is 97.3 Å². The van der Waals surface area contributed by atoms with Gasteiger partial charge in [-0.05, 0) is 25.7 Å². The van der Waals surface area contributed by atoms with E-state index in [-0.39, 0.29) is 26.1 Å². The molecule has 11 nitrogen and oxygen atoms in total. The van der Waals surface area contributed by atoms with Crippen LogP contribution in [0.1, 0.15) is 206 Å². The smallest absolute Gasteiger partial charge is 0.462 e. The van der Waals surface area contributed by atoms with Gasteiger partial charge in [-0.1, -0.05) is 168 Å². The third kappa shape index (κ3) is 38.4. The Bertz CT molecular complexity index is 963. The largest absolute Gasteiger partial charge is 0.472 e. The van der Waals surface area contributed by atoms with Crippen LogP contribution in [0.15, 0.2) is 0 Å². The van der Waals surface area contributed by atoms with Gasteiger partial charge >= 0.3 is 19.8 Å². The standard InChI is InChI=1S/C44H88NO10P/c1-6-8-10-12-14-15-16-17-18-19-20-21-22-26-31-35-44(49)55-40(39-54-56(50,51)53-37-36-45(3,4)5)38-52-43(48)34-30-27-23-25-29-33-42(47)41(46)32-28-24-13-11-9-7-2/h40-42,46-47H,6-39H2,1-5H3/p+1/t40?,41-,42-/m1/s1. The Morgan fingerprint density at radius 3 is 1.32 bits per heavy atom. The normalized spacial score (nSPS) is 14.6. The fraction of sp³-hybridized carbons (Fsp3) is 0.955. The molecule has 0 saturated carbocycles. The highest BCUT2D eigenvalue weighted by Crippen LogP contribution is 2.43. The lowest BCUT2D eigenvalue weighted by atomic mass is 9.99. The summed E-state index contributed by atoms with van der Waals surface area (Å²) < 4.78 is 34.2. The number of carbonyl (C=O) groups excluding carboxylic acids is 2. The van der Waals surface area contributed by atoms with Crippen molar-refractivity contribution in [2.45, 2.75) is 225 Å². The second-order valence-corrected chi connectivity index (χ2v) is 18.6. The Kier molecular flexibility index (Phi) is 36.3. The molecule has 56 heavy (non-hydrogen) atoms. The molecule has 0 amide bonds. The van der Waals surface area contributed by atoms with Crippen molar-refractivity contribution >= 4 is 19.8 Å². The molecule has 3 N–H and O–H groups in total. The Labute approximate surface area is 343 Å². The molecule has 0 rings (SSSR count). The molecule has 0 aromatic carbocycles. The first-order valence-electron chi connectivity index (χ1n) is 22.9. The van der Waals surface area contributed by atoms with Crippen LogP contribution in [0.25, 0.3) is 0 Å². The molecule has 0 aromatic rings. The Hall–Kier alpha value is -1.07. The van der Waals surface area contributed by atoms with Crippen molar-refractivity contribution in [3.63, 3.8) is 0 Å². The van der Waals surface area contributed by atoms with E-state index in [1.165, 1.54) is 96.3 Å². The van der Waals surface area contributed by atoms with Crippen LogP contribution in [0.2, 0.25) is 0 Å². The van der Waals surface area contributed by atoms with Gasteiger partial charge in [-0.25, -0.2) is 4.57 Å².